The normalized spacial score (nSPS) is 31.8. The predicted octanol–water partition coefficient (Wildman–Crippen LogP) is -1.00. The van der Waals surface area contributed by atoms with Gasteiger partial charge in [-0.1, -0.05) is 0 Å². The maximum Gasteiger partial charge on any atom is 0.330 e. The van der Waals surface area contributed by atoms with Crippen LogP contribution in [0.2, 0.25) is 0 Å². The van der Waals surface area contributed by atoms with Crippen molar-refractivity contribution in [3.05, 3.63) is 30.6 Å². The van der Waals surface area contributed by atoms with Crippen molar-refractivity contribution < 1.29 is 14.9 Å². The summed E-state index contributed by atoms with van der Waals surface area (Å²) in [6.07, 6.45) is -1.57. The molecule has 1 unspecified atom stereocenters. The van der Waals surface area contributed by atoms with Crippen molar-refractivity contribution in [3.8, 4) is 0 Å². The molecule has 2 rings (SSSR count). The molecule has 0 spiro atoms. The lowest BCUT2D eigenvalue weighted by molar-refractivity contribution is -0.0458. The van der Waals surface area contributed by atoms with Gasteiger partial charge in [0.15, 0.2) is 6.23 Å². The van der Waals surface area contributed by atoms with Crippen LogP contribution in [0.3, 0.4) is 0 Å². The molecular weight excluding hydrogens is 378 g/mol. The number of aromatic nitrogens is 2. The van der Waals surface area contributed by atoms with Crippen molar-refractivity contribution in [1.29, 1.82) is 0 Å². The topological polar surface area (TPSA) is 105 Å². The largest absolute Gasteiger partial charge is 0.394 e. The van der Waals surface area contributed by atoms with Crippen molar-refractivity contribution in [3.63, 3.8) is 0 Å². The third-order valence-corrected chi connectivity index (χ3v) is 3.91. The summed E-state index contributed by atoms with van der Waals surface area (Å²) in [4.78, 5) is 25.0. The Morgan fingerprint density at radius 1 is 1.56 bits per heavy atom. The van der Waals surface area contributed by atoms with Crippen molar-refractivity contribution in [2.45, 2.75) is 23.8 Å². The summed E-state index contributed by atoms with van der Waals surface area (Å²) in [5.41, 5.74) is -1.18. The molecule has 0 aliphatic carbocycles. The van der Waals surface area contributed by atoms with Gasteiger partial charge in [0, 0.05) is 6.20 Å². The molecule has 1 aliphatic heterocycles. The number of alkyl halides is 1. The van der Waals surface area contributed by atoms with Crippen LogP contribution in [0.1, 0.15) is 6.23 Å². The Labute approximate surface area is 119 Å². The van der Waals surface area contributed by atoms with Crippen LogP contribution >= 0.6 is 34.2 Å². The van der Waals surface area contributed by atoms with Gasteiger partial charge in [-0.2, -0.15) is 0 Å². The van der Waals surface area contributed by atoms with E-state index in [0.717, 1.165) is 4.57 Å². The van der Waals surface area contributed by atoms with Gasteiger partial charge in [-0.15, -0.1) is 11.6 Å². The number of aliphatic hydroxyl groups excluding tert-OH is 2. The summed E-state index contributed by atoms with van der Waals surface area (Å²) in [7, 11) is 0. The van der Waals surface area contributed by atoms with Crippen LogP contribution in [0.15, 0.2) is 15.8 Å². The predicted molar refractivity (Wildman–Crippen MR) is 70.7 cm³/mol. The first-order valence-electron chi connectivity index (χ1n) is 5.05. The van der Waals surface area contributed by atoms with Crippen molar-refractivity contribution in [2.24, 2.45) is 0 Å². The van der Waals surface area contributed by atoms with Gasteiger partial charge < -0.3 is 14.9 Å². The molecule has 4 atom stereocenters. The molecule has 1 fully saturated rings. The summed E-state index contributed by atoms with van der Waals surface area (Å²) in [5.74, 6) is 0. The quantitative estimate of drug-likeness (QED) is 0.445. The van der Waals surface area contributed by atoms with Crippen molar-refractivity contribution >= 4 is 34.2 Å². The lowest BCUT2D eigenvalue weighted by atomic mass is 10.2. The van der Waals surface area contributed by atoms with Gasteiger partial charge in [-0.3, -0.25) is 14.3 Å². The number of aromatic amines is 1. The van der Waals surface area contributed by atoms with E-state index in [1.165, 1.54) is 6.20 Å². The van der Waals surface area contributed by atoms with Gasteiger partial charge >= 0.3 is 5.69 Å². The molecule has 7 nitrogen and oxygen atoms in total. The van der Waals surface area contributed by atoms with E-state index in [1.807, 2.05) is 0 Å². The Bertz CT molecular complexity index is 559. The third kappa shape index (κ3) is 2.35. The first kappa shape index (κ1) is 14.0. The standard InChI is InChI=1S/C9H10ClIN2O5/c10-5-6(15)4(2-14)18-8(5)13-1-3(11)7(16)12-9(13)17/h1,4-6,8,14-15H,2H2,(H,12,16,17)/t4-,5+,6-,8?/m1/s1. The van der Waals surface area contributed by atoms with E-state index in [2.05, 4.69) is 4.98 Å². The minimum absolute atomic E-state index is 0.293. The van der Waals surface area contributed by atoms with E-state index in [9.17, 15) is 14.7 Å². The highest BCUT2D eigenvalue weighted by Crippen LogP contribution is 2.32. The number of aliphatic hydroxyl groups is 2. The number of ether oxygens (including phenoxy) is 1. The van der Waals surface area contributed by atoms with E-state index in [0.29, 0.717) is 3.57 Å². The van der Waals surface area contributed by atoms with E-state index < -0.39 is 41.7 Å². The van der Waals surface area contributed by atoms with Crippen LogP contribution < -0.4 is 11.2 Å². The average Bonchev–Trinajstić information content (AvgIpc) is 2.61. The minimum Gasteiger partial charge on any atom is -0.394 e. The number of nitrogens with zero attached hydrogens (tertiary/aromatic N) is 1. The number of hydrogen-bond acceptors (Lipinski definition) is 5. The summed E-state index contributed by atoms with van der Waals surface area (Å²) >= 11 is 7.73. The molecule has 0 aromatic carbocycles. The van der Waals surface area contributed by atoms with Crippen molar-refractivity contribution in [2.75, 3.05) is 6.61 Å². The SMILES string of the molecule is O=c1[nH]c(=O)n(C2O[C@H](CO)[C@@H](O)[C@@H]2Cl)cc1I. The molecule has 18 heavy (non-hydrogen) atoms. The Morgan fingerprint density at radius 2 is 2.22 bits per heavy atom. The van der Waals surface area contributed by atoms with E-state index in [1.54, 1.807) is 22.6 Å². The zero-order valence-electron chi connectivity index (χ0n) is 8.92. The van der Waals surface area contributed by atoms with Crippen LogP contribution in [-0.4, -0.2) is 44.0 Å². The molecule has 2 heterocycles. The first-order chi connectivity index (χ1) is 8.45. The Kier molecular flexibility index (Phi) is 4.11. The van der Waals surface area contributed by atoms with E-state index >= 15 is 0 Å². The molecule has 1 aromatic rings. The zero-order chi connectivity index (χ0) is 13.4. The molecule has 1 aliphatic rings. The maximum atomic E-state index is 11.6. The smallest absolute Gasteiger partial charge is 0.330 e. The average molecular weight is 389 g/mol. The van der Waals surface area contributed by atoms with Crippen LogP contribution in [0.4, 0.5) is 0 Å². The molecule has 9 heteroatoms. The van der Waals surface area contributed by atoms with Crippen LogP contribution in [-0.2, 0) is 4.74 Å². The fourth-order valence-electron chi connectivity index (χ4n) is 1.73. The summed E-state index contributed by atoms with van der Waals surface area (Å²) < 4.78 is 6.69. The minimum atomic E-state index is -1.09. The fourth-order valence-corrected chi connectivity index (χ4v) is 2.51. The molecule has 3 N–H and O–H groups in total. The highest BCUT2D eigenvalue weighted by molar-refractivity contribution is 14.1. The molecule has 1 aromatic heterocycles. The second kappa shape index (κ2) is 5.29. The monoisotopic (exact) mass is 388 g/mol. The second-order valence-electron chi connectivity index (χ2n) is 3.83. The number of rotatable bonds is 2. The van der Waals surface area contributed by atoms with Crippen molar-refractivity contribution in [1.82, 2.24) is 9.55 Å². The lowest BCUT2D eigenvalue weighted by Gasteiger charge is -2.16. The van der Waals surface area contributed by atoms with E-state index in [4.69, 9.17) is 21.4 Å². The van der Waals surface area contributed by atoms with Gasteiger partial charge in [0.1, 0.15) is 17.6 Å². The molecule has 0 bridgehead atoms. The fraction of sp³-hybridized carbons (Fsp3) is 0.556. The number of halogens is 2. The highest BCUT2D eigenvalue weighted by atomic mass is 127. The van der Waals surface area contributed by atoms with Crippen LogP contribution in [0.25, 0.3) is 0 Å². The highest BCUT2D eigenvalue weighted by Gasteiger charge is 2.43. The second-order valence-corrected chi connectivity index (χ2v) is 5.49. The molecule has 100 valence electrons. The van der Waals surface area contributed by atoms with Crippen LogP contribution in [0, 0.1) is 3.57 Å². The molecule has 0 amide bonds. The number of hydrogen-bond donors (Lipinski definition) is 3. The van der Waals surface area contributed by atoms with Gasteiger partial charge in [-0.25, -0.2) is 4.79 Å². The van der Waals surface area contributed by atoms with Gasteiger partial charge in [0.2, 0.25) is 0 Å². The summed E-state index contributed by atoms with van der Waals surface area (Å²) in [6.45, 7) is -0.407. The molecule has 1 saturated heterocycles. The van der Waals surface area contributed by atoms with Gasteiger partial charge in [0.05, 0.1) is 10.2 Å². The Balaban J connectivity index is 2.42. The molecular formula is C9H10ClIN2O5. The third-order valence-electron chi connectivity index (χ3n) is 2.67. The maximum absolute atomic E-state index is 11.6. The molecule has 0 saturated carbocycles. The van der Waals surface area contributed by atoms with Gasteiger partial charge in [-0.05, 0) is 22.6 Å². The summed E-state index contributed by atoms with van der Waals surface area (Å²) in [6, 6.07) is 0. The first-order valence-corrected chi connectivity index (χ1v) is 6.56. The van der Waals surface area contributed by atoms with Crippen LogP contribution in [0.5, 0.6) is 0 Å². The lowest BCUT2D eigenvalue weighted by Crippen LogP contribution is -2.36. The van der Waals surface area contributed by atoms with Gasteiger partial charge in [0.25, 0.3) is 5.56 Å². The Hall–Kier alpha value is -0.420. The number of H-pyrrole nitrogens is 1. The number of nitrogens with one attached hydrogen (secondary N) is 1. The zero-order valence-corrected chi connectivity index (χ0v) is 11.8. The summed E-state index contributed by atoms with van der Waals surface area (Å²) in [5, 5.41) is 17.8. The van der Waals surface area contributed by atoms with E-state index in [-0.39, 0.29) is 0 Å². The Morgan fingerprint density at radius 3 is 2.78 bits per heavy atom. The molecule has 0 radical (unpaired) electrons.